The van der Waals surface area contributed by atoms with Crippen molar-refractivity contribution in [3.05, 3.63) is 127 Å². The van der Waals surface area contributed by atoms with Crippen LogP contribution in [0.5, 0.6) is 0 Å². The van der Waals surface area contributed by atoms with Gasteiger partial charge in [-0.3, -0.25) is 0 Å². The highest BCUT2D eigenvalue weighted by Gasteiger charge is 2.22. The van der Waals surface area contributed by atoms with Crippen molar-refractivity contribution in [3.8, 4) is 22.5 Å². The lowest BCUT2D eigenvalue weighted by Gasteiger charge is -2.22. The van der Waals surface area contributed by atoms with Gasteiger partial charge in [0.1, 0.15) is 35.1 Å². The van der Waals surface area contributed by atoms with Gasteiger partial charge in [-0.2, -0.15) is 0 Å². The summed E-state index contributed by atoms with van der Waals surface area (Å²) in [4.78, 5) is 4.49. The SMILES string of the molecule is CN(CCCSc1ccccc1)c1ccc2c(-c3ccccc3S(=O)(=O)[O-])c3ccc(=[N+](C)CCCSc4ccccc4)cc-3oc2c1. The van der Waals surface area contributed by atoms with Crippen LogP contribution < -0.4 is 14.8 Å². The van der Waals surface area contributed by atoms with Crippen LogP contribution in [0.25, 0.3) is 33.4 Å². The number of fused-ring (bicyclic) bond motifs is 2. The molecule has 246 valence electrons. The first kappa shape index (κ1) is 33.9. The molecule has 4 aromatic rings. The van der Waals surface area contributed by atoms with Crippen LogP contribution in [0.3, 0.4) is 0 Å². The zero-order valence-corrected chi connectivity index (χ0v) is 29.5. The van der Waals surface area contributed by atoms with Crippen molar-refractivity contribution in [2.45, 2.75) is 27.5 Å². The Bertz CT molecular complexity index is 2150. The topological polar surface area (TPSA) is 76.6 Å². The average Bonchev–Trinajstić information content (AvgIpc) is 3.10. The highest BCUT2D eigenvalue weighted by atomic mass is 32.2. The first-order valence-corrected chi connectivity index (χ1v) is 19.3. The lowest BCUT2D eigenvalue weighted by atomic mass is 9.93. The number of anilines is 1. The fourth-order valence-electron chi connectivity index (χ4n) is 5.80. The summed E-state index contributed by atoms with van der Waals surface area (Å²) >= 11 is 3.70. The molecular weight excluding hydrogens is 657 g/mol. The Labute approximate surface area is 291 Å². The highest BCUT2D eigenvalue weighted by Crippen LogP contribution is 2.42. The summed E-state index contributed by atoms with van der Waals surface area (Å²) in [5, 5.41) is 1.74. The molecule has 48 heavy (non-hydrogen) atoms. The van der Waals surface area contributed by atoms with Crippen molar-refractivity contribution in [1.29, 1.82) is 0 Å². The molecule has 1 heterocycles. The molecule has 0 saturated heterocycles. The van der Waals surface area contributed by atoms with Crippen molar-refractivity contribution in [3.63, 3.8) is 0 Å². The minimum atomic E-state index is -4.73. The van der Waals surface area contributed by atoms with Gasteiger partial charge >= 0.3 is 0 Å². The van der Waals surface area contributed by atoms with Crippen LogP contribution in [0.4, 0.5) is 5.69 Å². The van der Waals surface area contributed by atoms with Crippen LogP contribution in [-0.4, -0.2) is 51.7 Å². The third kappa shape index (κ3) is 8.15. The molecule has 6 nitrogen and oxygen atoms in total. The van der Waals surface area contributed by atoms with Crippen LogP contribution >= 0.6 is 23.5 Å². The van der Waals surface area contributed by atoms with Crippen molar-refractivity contribution in [2.75, 3.05) is 43.6 Å². The Kier molecular flexibility index (Phi) is 10.9. The second-order valence-corrected chi connectivity index (χ2v) is 15.3. The number of thioether (sulfide) groups is 2. The molecule has 9 heteroatoms. The molecule has 0 unspecified atom stereocenters. The summed E-state index contributed by atoms with van der Waals surface area (Å²) in [7, 11) is -0.593. The molecule has 0 N–H and O–H groups in total. The van der Waals surface area contributed by atoms with Gasteiger partial charge in [0.15, 0.2) is 0 Å². The predicted octanol–water partition coefficient (Wildman–Crippen LogP) is 8.31. The highest BCUT2D eigenvalue weighted by molar-refractivity contribution is 7.99. The molecule has 0 spiro atoms. The molecule has 0 aromatic heterocycles. The molecule has 0 fully saturated rings. The van der Waals surface area contributed by atoms with Gasteiger partial charge in [-0.15, -0.1) is 23.5 Å². The summed E-state index contributed by atoms with van der Waals surface area (Å²) in [6.07, 6.45) is 2.00. The minimum Gasteiger partial charge on any atom is -0.744 e. The van der Waals surface area contributed by atoms with Crippen LogP contribution in [0.2, 0.25) is 0 Å². The zero-order valence-electron chi connectivity index (χ0n) is 27.0. The molecule has 4 aromatic carbocycles. The monoisotopic (exact) mass is 694 g/mol. The zero-order chi connectivity index (χ0) is 33.5. The van der Waals surface area contributed by atoms with E-state index in [1.54, 1.807) is 18.2 Å². The Balaban J connectivity index is 1.34. The van der Waals surface area contributed by atoms with E-state index in [2.05, 4.69) is 72.1 Å². The van der Waals surface area contributed by atoms with Gasteiger partial charge in [0, 0.05) is 75.5 Å². The predicted molar refractivity (Wildman–Crippen MR) is 199 cm³/mol. The first-order valence-electron chi connectivity index (χ1n) is 15.9. The van der Waals surface area contributed by atoms with Crippen LogP contribution in [0.1, 0.15) is 12.8 Å². The average molecular weight is 695 g/mol. The van der Waals surface area contributed by atoms with E-state index >= 15 is 0 Å². The van der Waals surface area contributed by atoms with Crippen molar-refractivity contribution in [2.24, 2.45) is 0 Å². The maximum absolute atomic E-state index is 12.4. The van der Waals surface area contributed by atoms with Gasteiger partial charge in [0.2, 0.25) is 5.36 Å². The number of hydrogen-bond acceptors (Lipinski definition) is 7. The molecule has 0 radical (unpaired) electrons. The molecule has 2 aliphatic rings. The molecule has 1 aliphatic carbocycles. The van der Waals surface area contributed by atoms with Crippen molar-refractivity contribution >= 4 is 50.3 Å². The second kappa shape index (κ2) is 15.5. The Morgan fingerprint density at radius 3 is 2.08 bits per heavy atom. The summed E-state index contributed by atoms with van der Waals surface area (Å²) in [5.74, 6) is 2.63. The van der Waals surface area contributed by atoms with E-state index in [0.29, 0.717) is 22.5 Å². The van der Waals surface area contributed by atoms with Crippen LogP contribution in [0.15, 0.2) is 140 Å². The quantitative estimate of drug-likeness (QED) is 0.0396. The second-order valence-electron chi connectivity index (χ2n) is 11.7. The lowest BCUT2D eigenvalue weighted by molar-refractivity contribution is 0.463. The smallest absolute Gasteiger partial charge is 0.203 e. The van der Waals surface area contributed by atoms with E-state index in [-0.39, 0.29) is 4.90 Å². The number of rotatable bonds is 13. The fraction of sp³-hybridized carbons (Fsp3) is 0.205. The minimum absolute atomic E-state index is 0.243. The molecule has 0 atom stereocenters. The van der Waals surface area contributed by atoms with Gasteiger partial charge in [0.05, 0.1) is 11.0 Å². The third-order valence-corrected chi connectivity index (χ3v) is 11.4. The Hall–Kier alpha value is -4.02. The maximum Gasteiger partial charge on any atom is 0.203 e. The van der Waals surface area contributed by atoms with E-state index in [9.17, 15) is 13.0 Å². The van der Waals surface area contributed by atoms with E-state index in [1.807, 2.05) is 72.1 Å². The number of nitrogens with zero attached hydrogens (tertiary/aromatic N) is 2. The fourth-order valence-corrected chi connectivity index (χ4v) is 8.20. The Morgan fingerprint density at radius 1 is 0.750 bits per heavy atom. The normalized spacial score (nSPS) is 12.4. The summed E-state index contributed by atoms with van der Waals surface area (Å²) in [5.41, 5.74) is 3.40. The van der Waals surface area contributed by atoms with Crippen molar-refractivity contribution < 1.29 is 17.4 Å². The first-order chi connectivity index (χ1) is 23.3. The van der Waals surface area contributed by atoms with E-state index in [1.165, 1.54) is 15.9 Å². The maximum atomic E-state index is 12.4. The standard InChI is InChI=1S/C39H38N2O4S3/c1-40(23-11-25-46-31-13-5-3-6-14-31)29-19-21-33-36(27-29)45-37-28-30(41(2)24-12-26-47-32-15-7-4-8-16-32)20-22-34(37)39(33)35-17-9-10-18-38(35)48(42,43)44/h3-10,13-22,27-28H,11-12,23-26H2,1-2H3. The largest absolute Gasteiger partial charge is 0.744 e. The van der Waals surface area contributed by atoms with Gasteiger partial charge in [-0.1, -0.05) is 54.6 Å². The summed E-state index contributed by atoms with van der Waals surface area (Å²) in [6, 6.07) is 39.3. The lowest BCUT2D eigenvalue weighted by Crippen LogP contribution is -2.27. The summed E-state index contributed by atoms with van der Waals surface area (Å²) in [6.45, 7) is 1.72. The summed E-state index contributed by atoms with van der Waals surface area (Å²) < 4.78 is 46.1. The number of benzene rings is 5. The molecule has 0 bridgehead atoms. The van der Waals surface area contributed by atoms with Gasteiger partial charge < -0.3 is 13.9 Å². The molecule has 0 amide bonds. The molecule has 1 aliphatic heterocycles. The van der Waals surface area contributed by atoms with Gasteiger partial charge in [-0.05, 0) is 60.7 Å². The van der Waals surface area contributed by atoms with Gasteiger partial charge in [0.25, 0.3) is 0 Å². The van der Waals surface area contributed by atoms with Crippen LogP contribution in [0, 0.1) is 0 Å². The van der Waals surface area contributed by atoms with E-state index in [4.69, 9.17) is 4.42 Å². The van der Waals surface area contributed by atoms with E-state index < -0.39 is 10.1 Å². The van der Waals surface area contributed by atoms with E-state index in [0.717, 1.165) is 59.4 Å². The van der Waals surface area contributed by atoms with Gasteiger partial charge in [-0.25, -0.2) is 13.0 Å². The van der Waals surface area contributed by atoms with Crippen LogP contribution in [-0.2, 0) is 10.1 Å². The Morgan fingerprint density at radius 2 is 1.40 bits per heavy atom. The number of hydrogen-bond donors (Lipinski definition) is 0. The molecule has 6 rings (SSSR count). The van der Waals surface area contributed by atoms with Crippen molar-refractivity contribution in [1.82, 2.24) is 4.58 Å². The molecular formula is C39H38N2O4S3. The third-order valence-electron chi connectivity index (χ3n) is 8.30. The molecule has 0 saturated carbocycles.